The van der Waals surface area contributed by atoms with Crippen LogP contribution in [0.3, 0.4) is 0 Å². The van der Waals surface area contributed by atoms with Gasteiger partial charge in [-0.1, -0.05) is 13.3 Å². The molecule has 0 aromatic rings. The maximum Gasteiger partial charge on any atom is 0.158 e. The average Bonchev–Trinajstić information content (AvgIpc) is 2.17. The summed E-state index contributed by atoms with van der Waals surface area (Å²) in [7, 11) is 0. The SMILES string of the molecule is CCC[C@H]1OC[C@@H](C)O1. The topological polar surface area (TPSA) is 18.5 Å². The highest BCUT2D eigenvalue weighted by Gasteiger charge is 2.20. The van der Waals surface area contributed by atoms with Crippen LogP contribution in [0.1, 0.15) is 26.7 Å². The van der Waals surface area contributed by atoms with Crippen molar-refractivity contribution in [2.24, 2.45) is 0 Å². The molecule has 1 heterocycles. The van der Waals surface area contributed by atoms with E-state index in [1.807, 2.05) is 6.92 Å². The summed E-state index contributed by atoms with van der Waals surface area (Å²) >= 11 is 0. The zero-order valence-electron chi connectivity index (χ0n) is 6.09. The van der Waals surface area contributed by atoms with E-state index < -0.39 is 0 Å². The van der Waals surface area contributed by atoms with Crippen LogP contribution in [0.25, 0.3) is 0 Å². The van der Waals surface area contributed by atoms with Gasteiger partial charge in [-0.25, -0.2) is 0 Å². The van der Waals surface area contributed by atoms with Crippen molar-refractivity contribution < 1.29 is 9.47 Å². The van der Waals surface area contributed by atoms with Gasteiger partial charge in [-0.05, 0) is 13.3 Å². The van der Waals surface area contributed by atoms with Gasteiger partial charge in [0.05, 0.1) is 12.7 Å². The summed E-state index contributed by atoms with van der Waals surface area (Å²) in [5, 5.41) is 0. The molecule has 9 heavy (non-hydrogen) atoms. The Balaban J connectivity index is 2.14. The Bertz CT molecular complexity index is 81.0. The lowest BCUT2D eigenvalue weighted by atomic mass is 10.3. The monoisotopic (exact) mass is 130 g/mol. The van der Waals surface area contributed by atoms with Crippen LogP contribution in [-0.2, 0) is 9.47 Å². The highest BCUT2D eigenvalue weighted by atomic mass is 16.7. The first-order valence-electron chi connectivity index (χ1n) is 3.60. The van der Waals surface area contributed by atoms with Crippen LogP contribution >= 0.6 is 0 Å². The summed E-state index contributed by atoms with van der Waals surface area (Å²) in [5.74, 6) is 0. The number of hydrogen-bond acceptors (Lipinski definition) is 2. The molecule has 0 unspecified atom stereocenters. The van der Waals surface area contributed by atoms with E-state index in [1.165, 1.54) is 0 Å². The molecule has 0 bridgehead atoms. The fourth-order valence-corrected chi connectivity index (χ4v) is 0.968. The van der Waals surface area contributed by atoms with Gasteiger partial charge in [0.2, 0.25) is 0 Å². The predicted molar refractivity (Wildman–Crippen MR) is 35.2 cm³/mol. The first kappa shape index (κ1) is 7.03. The summed E-state index contributed by atoms with van der Waals surface area (Å²) < 4.78 is 10.7. The van der Waals surface area contributed by atoms with Crippen molar-refractivity contribution in [2.75, 3.05) is 6.61 Å². The molecule has 1 rings (SSSR count). The Kier molecular flexibility index (Phi) is 2.49. The Morgan fingerprint density at radius 3 is 2.78 bits per heavy atom. The summed E-state index contributed by atoms with van der Waals surface area (Å²) in [6, 6.07) is 0. The van der Waals surface area contributed by atoms with E-state index in [0.717, 1.165) is 19.4 Å². The predicted octanol–water partition coefficient (Wildman–Crippen LogP) is 1.55. The van der Waals surface area contributed by atoms with Crippen molar-refractivity contribution in [3.63, 3.8) is 0 Å². The average molecular weight is 130 g/mol. The van der Waals surface area contributed by atoms with Crippen LogP contribution in [0.15, 0.2) is 0 Å². The van der Waals surface area contributed by atoms with Crippen molar-refractivity contribution in [3.8, 4) is 0 Å². The third-order valence-electron chi connectivity index (χ3n) is 1.43. The fraction of sp³-hybridized carbons (Fsp3) is 1.00. The van der Waals surface area contributed by atoms with E-state index in [9.17, 15) is 0 Å². The van der Waals surface area contributed by atoms with Crippen LogP contribution in [0.5, 0.6) is 0 Å². The Morgan fingerprint density at radius 1 is 1.56 bits per heavy atom. The van der Waals surface area contributed by atoms with E-state index >= 15 is 0 Å². The Morgan fingerprint density at radius 2 is 2.33 bits per heavy atom. The number of rotatable bonds is 2. The van der Waals surface area contributed by atoms with Gasteiger partial charge in [0.15, 0.2) is 6.29 Å². The largest absolute Gasteiger partial charge is 0.350 e. The van der Waals surface area contributed by atoms with E-state index in [4.69, 9.17) is 9.47 Å². The standard InChI is InChI=1S/C7H14O2/c1-3-4-7-8-5-6(2)9-7/h6-7H,3-5H2,1-2H3/t6-,7+/m1/s1. The zero-order valence-corrected chi connectivity index (χ0v) is 6.09. The lowest BCUT2D eigenvalue weighted by Crippen LogP contribution is -2.08. The van der Waals surface area contributed by atoms with Gasteiger partial charge in [-0.3, -0.25) is 0 Å². The van der Waals surface area contributed by atoms with Gasteiger partial charge in [0.25, 0.3) is 0 Å². The Labute approximate surface area is 56.2 Å². The molecule has 2 atom stereocenters. The molecule has 54 valence electrons. The quantitative estimate of drug-likeness (QED) is 0.564. The van der Waals surface area contributed by atoms with Crippen molar-refractivity contribution in [3.05, 3.63) is 0 Å². The molecule has 0 N–H and O–H groups in total. The molecule has 0 aromatic heterocycles. The molecule has 0 aliphatic carbocycles. The summed E-state index contributed by atoms with van der Waals surface area (Å²) in [5.41, 5.74) is 0. The number of hydrogen-bond donors (Lipinski definition) is 0. The van der Waals surface area contributed by atoms with Gasteiger partial charge < -0.3 is 9.47 Å². The molecule has 0 aromatic carbocycles. The van der Waals surface area contributed by atoms with E-state index in [2.05, 4.69) is 6.92 Å². The summed E-state index contributed by atoms with van der Waals surface area (Å²) in [6.07, 6.45) is 2.56. The minimum absolute atomic E-state index is 0.0880. The van der Waals surface area contributed by atoms with E-state index in [1.54, 1.807) is 0 Å². The van der Waals surface area contributed by atoms with Crippen molar-refractivity contribution >= 4 is 0 Å². The van der Waals surface area contributed by atoms with Gasteiger partial charge in [0, 0.05) is 0 Å². The normalized spacial score (nSPS) is 35.3. The molecule has 0 radical (unpaired) electrons. The molecular formula is C7H14O2. The second-order valence-electron chi connectivity index (χ2n) is 2.50. The third kappa shape index (κ3) is 1.95. The molecule has 0 saturated carbocycles. The van der Waals surface area contributed by atoms with Gasteiger partial charge >= 0.3 is 0 Å². The maximum atomic E-state index is 5.38. The molecule has 0 amide bonds. The molecule has 1 saturated heterocycles. The third-order valence-corrected chi connectivity index (χ3v) is 1.43. The lowest BCUT2D eigenvalue weighted by molar-refractivity contribution is -0.0593. The van der Waals surface area contributed by atoms with Crippen molar-refractivity contribution in [1.29, 1.82) is 0 Å². The summed E-state index contributed by atoms with van der Waals surface area (Å²) in [6.45, 7) is 4.94. The highest BCUT2D eigenvalue weighted by molar-refractivity contribution is 4.58. The minimum atomic E-state index is 0.0880. The molecule has 1 aliphatic heterocycles. The molecule has 0 spiro atoms. The number of ether oxygens (including phenoxy) is 2. The van der Waals surface area contributed by atoms with Gasteiger partial charge in [0.1, 0.15) is 0 Å². The van der Waals surface area contributed by atoms with Gasteiger partial charge in [-0.15, -0.1) is 0 Å². The highest BCUT2D eigenvalue weighted by Crippen LogP contribution is 2.14. The summed E-state index contributed by atoms with van der Waals surface area (Å²) in [4.78, 5) is 0. The van der Waals surface area contributed by atoms with Crippen LogP contribution in [-0.4, -0.2) is 19.0 Å². The second kappa shape index (κ2) is 3.18. The first-order valence-corrected chi connectivity index (χ1v) is 3.60. The first-order chi connectivity index (χ1) is 4.33. The van der Waals surface area contributed by atoms with Gasteiger partial charge in [-0.2, -0.15) is 0 Å². The van der Waals surface area contributed by atoms with Crippen molar-refractivity contribution in [1.82, 2.24) is 0 Å². The Hall–Kier alpha value is -0.0800. The fourth-order valence-electron chi connectivity index (χ4n) is 0.968. The minimum Gasteiger partial charge on any atom is -0.350 e. The molecule has 1 fully saturated rings. The van der Waals surface area contributed by atoms with Crippen LogP contribution in [0, 0.1) is 0 Å². The zero-order chi connectivity index (χ0) is 6.69. The molecule has 2 nitrogen and oxygen atoms in total. The molecular weight excluding hydrogens is 116 g/mol. The van der Waals surface area contributed by atoms with Crippen molar-refractivity contribution in [2.45, 2.75) is 39.1 Å². The van der Waals surface area contributed by atoms with E-state index in [-0.39, 0.29) is 6.29 Å². The van der Waals surface area contributed by atoms with Crippen LogP contribution in [0.4, 0.5) is 0 Å². The second-order valence-corrected chi connectivity index (χ2v) is 2.50. The van der Waals surface area contributed by atoms with E-state index in [0.29, 0.717) is 6.10 Å². The maximum absolute atomic E-state index is 5.38. The smallest absolute Gasteiger partial charge is 0.158 e. The van der Waals surface area contributed by atoms with Crippen LogP contribution in [0.2, 0.25) is 0 Å². The lowest BCUT2D eigenvalue weighted by Gasteiger charge is -2.06. The molecule has 1 aliphatic rings. The molecule has 2 heteroatoms. The van der Waals surface area contributed by atoms with Crippen LogP contribution < -0.4 is 0 Å².